The van der Waals surface area contributed by atoms with Crippen LogP contribution in [-0.4, -0.2) is 55.9 Å². The number of hydrogen-bond acceptors (Lipinski definition) is 6. The van der Waals surface area contributed by atoms with Gasteiger partial charge in [-0.15, -0.1) is 0 Å². The van der Waals surface area contributed by atoms with Gasteiger partial charge in [-0.3, -0.25) is 4.79 Å². The summed E-state index contributed by atoms with van der Waals surface area (Å²) >= 11 is 0. The molecular weight excluding hydrogens is 436 g/mol. The van der Waals surface area contributed by atoms with Crippen LogP contribution in [0.1, 0.15) is 78.9 Å². The van der Waals surface area contributed by atoms with Gasteiger partial charge in [0.1, 0.15) is 11.4 Å². The number of carbonyl (C=O) groups excluding carboxylic acids is 2. The molecule has 1 aliphatic heterocycles. The van der Waals surface area contributed by atoms with Crippen molar-refractivity contribution in [1.82, 2.24) is 9.88 Å². The number of pyridine rings is 1. The molecule has 0 spiro atoms. The molecule has 0 aromatic carbocycles. The quantitative estimate of drug-likeness (QED) is 0.510. The molecule has 7 nitrogen and oxygen atoms in total. The van der Waals surface area contributed by atoms with Crippen LogP contribution in [0.15, 0.2) is 12.3 Å². The van der Waals surface area contributed by atoms with Gasteiger partial charge in [0, 0.05) is 31.3 Å². The lowest BCUT2D eigenvalue weighted by Gasteiger charge is -2.43. The summed E-state index contributed by atoms with van der Waals surface area (Å²) in [6.07, 6.45) is 1.56. The molecular formula is C25H42N2O5Si. The number of ketones is 1. The summed E-state index contributed by atoms with van der Waals surface area (Å²) in [4.78, 5) is 31.6. The Bertz CT molecular complexity index is 884. The summed E-state index contributed by atoms with van der Waals surface area (Å²) < 4.78 is 17.8. The minimum absolute atomic E-state index is 0.0375. The predicted octanol–water partition coefficient (Wildman–Crippen LogP) is 5.64. The first kappa shape index (κ1) is 27.3. The maximum Gasteiger partial charge on any atom is 0.410 e. The van der Waals surface area contributed by atoms with Crippen molar-refractivity contribution in [3.63, 3.8) is 0 Å². The van der Waals surface area contributed by atoms with E-state index in [0.717, 1.165) is 11.1 Å². The summed E-state index contributed by atoms with van der Waals surface area (Å²) in [5, 5.41) is 0.0375. The number of aromatic nitrogens is 1. The van der Waals surface area contributed by atoms with Gasteiger partial charge in [0.15, 0.2) is 8.32 Å². The Morgan fingerprint density at radius 2 is 1.73 bits per heavy atom. The molecule has 1 aliphatic rings. The molecule has 1 amide bonds. The third-order valence-corrected chi connectivity index (χ3v) is 11.1. The summed E-state index contributed by atoms with van der Waals surface area (Å²) in [5.41, 5.74) is 0.305. The number of ether oxygens (including phenoxy) is 2. The first-order chi connectivity index (χ1) is 14.9. The largest absolute Gasteiger partial charge is 0.481 e. The molecule has 1 aromatic heterocycles. The van der Waals surface area contributed by atoms with Crippen molar-refractivity contribution in [3.05, 3.63) is 23.4 Å². The van der Waals surface area contributed by atoms with E-state index >= 15 is 0 Å². The van der Waals surface area contributed by atoms with Crippen LogP contribution in [0.5, 0.6) is 5.88 Å². The van der Waals surface area contributed by atoms with E-state index in [-0.39, 0.29) is 23.8 Å². The number of piperidine rings is 1. The normalized spacial score (nSPS) is 18.3. The molecule has 1 aromatic rings. The number of likely N-dealkylation sites (tertiary alicyclic amines) is 1. The van der Waals surface area contributed by atoms with Gasteiger partial charge in [0.25, 0.3) is 0 Å². The van der Waals surface area contributed by atoms with Crippen LogP contribution in [0.2, 0.25) is 18.1 Å². The molecule has 33 heavy (non-hydrogen) atoms. The smallest absolute Gasteiger partial charge is 0.410 e. The molecule has 2 heterocycles. The minimum atomic E-state index is -2.10. The Kier molecular flexibility index (Phi) is 7.76. The van der Waals surface area contributed by atoms with Crippen molar-refractivity contribution in [1.29, 1.82) is 0 Å². The standard InChI is InChI=1S/C25H42N2O5Si/c1-23(2,3)31-22(29)27-13-12-20(28)18(16-27)17-14-19(21(30-9)26-15-17)25(7,8)32-33(10,11)24(4,5)6/h14-15,18H,12-13,16H2,1-11H3. The third-order valence-electron chi connectivity index (χ3n) is 6.50. The molecule has 0 bridgehead atoms. The third kappa shape index (κ3) is 6.56. The molecule has 186 valence electrons. The molecule has 2 rings (SSSR count). The first-order valence-corrected chi connectivity index (χ1v) is 14.5. The lowest BCUT2D eigenvalue weighted by atomic mass is 9.88. The molecule has 0 saturated carbocycles. The van der Waals surface area contributed by atoms with E-state index in [1.165, 1.54) is 0 Å². The van der Waals surface area contributed by atoms with E-state index in [9.17, 15) is 9.59 Å². The van der Waals surface area contributed by atoms with Gasteiger partial charge in [0.05, 0.1) is 18.6 Å². The highest BCUT2D eigenvalue weighted by molar-refractivity contribution is 6.74. The molecule has 1 fully saturated rings. The highest BCUT2D eigenvalue weighted by Gasteiger charge is 2.43. The zero-order valence-corrected chi connectivity index (χ0v) is 23.3. The van der Waals surface area contributed by atoms with E-state index in [4.69, 9.17) is 13.9 Å². The second kappa shape index (κ2) is 9.37. The fourth-order valence-electron chi connectivity index (χ4n) is 3.72. The van der Waals surface area contributed by atoms with E-state index in [0.29, 0.717) is 12.4 Å². The Hall–Kier alpha value is -1.93. The lowest BCUT2D eigenvalue weighted by Crippen LogP contribution is -2.46. The van der Waals surface area contributed by atoms with Crippen molar-refractivity contribution < 1.29 is 23.5 Å². The zero-order chi connectivity index (χ0) is 25.4. The number of nitrogens with zero attached hydrogens (tertiary/aromatic N) is 2. The second-order valence-corrected chi connectivity index (χ2v) is 16.6. The fourth-order valence-corrected chi connectivity index (χ4v) is 5.41. The summed E-state index contributed by atoms with van der Waals surface area (Å²) in [5.74, 6) is 0.109. The Morgan fingerprint density at radius 1 is 1.12 bits per heavy atom. The molecule has 1 unspecified atom stereocenters. The maximum absolute atomic E-state index is 12.9. The molecule has 1 atom stereocenters. The van der Waals surface area contributed by atoms with Gasteiger partial charge in [-0.25, -0.2) is 9.78 Å². The number of hydrogen-bond donors (Lipinski definition) is 0. The molecule has 1 saturated heterocycles. The Labute approximate surface area is 200 Å². The SMILES string of the molecule is COc1ncc(C2CN(C(=O)OC(C)(C)C)CCC2=O)cc1C(C)(C)O[Si](C)(C)C(C)(C)C. The van der Waals surface area contributed by atoms with Gasteiger partial charge >= 0.3 is 6.09 Å². The predicted molar refractivity (Wildman–Crippen MR) is 132 cm³/mol. The van der Waals surface area contributed by atoms with E-state index in [1.807, 2.05) is 40.7 Å². The molecule has 0 N–H and O–H groups in total. The van der Waals surface area contributed by atoms with Gasteiger partial charge < -0.3 is 18.8 Å². The fraction of sp³-hybridized carbons (Fsp3) is 0.720. The summed E-state index contributed by atoms with van der Waals surface area (Å²) in [7, 11) is -0.510. The average Bonchev–Trinajstić information content (AvgIpc) is 2.64. The Morgan fingerprint density at radius 3 is 2.24 bits per heavy atom. The van der Waals surface area contributed by atoms with Crippen LogP contribution < -0.4 is 4.74 Å². The van der Waals surface area contributed by atoms with Gasteiger partial charge in [-0.05, 0) is 64.4 Å². The van der Waals surface area contributed by atoms with E-state index in [1.54, 1.807) is 18.2 Å². The topological polar surface area (TPSA) is 78.0 Å². The van der Waals surface area contributed by atoms with Crippen LogP contribution in [0.3, 0.4) is 0 Å². The number of methoxy groups -OCH3 is 1. The number of carbonyl (C=O) groups is 2. The van der Waals surface area contributed by atoms with Crippen LogP contribution in [-0.2, 0) is 19.6 Å². The highest BCUT2D eigenvalue weighted by Crippen LogP contribution is 2.43. The Balaban J connectivity index is 2.39. The molecule has 0 radical (unpaired) electrons. The average molecular weight is 479 g/mol. The lowest BCUT2D eigenvalue weighted by molar-refractivity contribution is -0.123. The second-order valence-electron chi connectivity index (χ2n) is 11.9. The van der Waals surface area contributed by atoms with Crippen molar-refractivity contribution >= 4 is 20.2 Å². The first-order valence-electron chi connectivity index (χ1n) is 11.6. The molecule has 0 aliphatic carbocycles. The van der Waals surface area contributed by atoms with E-state index in [2.05, 4.69) is 38.8 Å². The van der Waals surface area contributed by atoms with Crippen LogP contribution in [0.25, 0.3) is 0 Å². The number of rotatable bonds is 5. The van der Waals surface area contributed by atoms with Crippen LogP contribution in [0, 0.1) is 0 Å². The van der Waals surface area contributed by atoms with Gasteiger partial charge in [-0.2, -0.15) is 0 Å². The monoisotopic (exact) mass is 478 g/mol. The summed E-state index contributed by atoms with van der Waals surface area (Å²) in [6.45, 7) is 21.2. The molecule has 8 heteroatoms. The van der Waals surface area contributed by atoms with Crippen molar-refractivity contribution in [2.75, 3.05) is 20.2 Å². The number of amides is 1. The minimum Gasteiger partial charge on any atom is -0.481 e. The van der Waals surface area contributed by atoms with Gasteiger partial charge in [0.2, 0.25) is 5.88 Å². The van der Waals surface area contributed by atoms with Crippen molar-refractivity contribution in [3.8, 4) is 5.88 Å². The van der Waals surface area contributed by atoms with Crippen LogP contribution >= 0.6 is 0 Å². The van der Waals surface area contributed by atoms with Crippen molar-refractivity contribution in [2.24, 2.45) is 0 Å². The maximum atomic E-state index is 12.9. The van der Waals surface area contributed by atoms with Crippen molar-refractivity contribution in [2.45, 2.75) is 97.1 Å². The summed E-state index contributed by atoms with van der Waals surface area (Å²) in [6, 6.07) is 1.96. The van der Waals surface area contributed by atoms with Gasteiger partial charge in [-0.1, -0.05) is 20.8 Å². The highest BCUT2D eigenvalue weighted by atomic mass is 28.4. The zero-order valence-electron chi connectivity index (χ0n) is 22.3. The number of Topliss-reactive ketones (excluding diaryl/α,β-unsaturated/α-hetero) is 1. The van der Waals surface area contributed by atoms with Crippen LogP contribution in [0.4, 0.5) is 4.79 Å². The van der Waals surface area contributed by atoms with E-state index < -0.39 is 31.5 Å².